The number of hydrogen-bond acceptors (Lipinski definition) is 2. The van der Waals surface area contributed by atoms with Gasteiger partial charge in [0.25, 0.3) is 0 Å². The lowest BCUT2D eigenvalue weighted by Crippen LogP contribution is -2.26. The van der Waals surface area contributed by atoms with Crippen LogP contribution in [0.5, 0.6) is 0 Å². The minimum absolute atomic E-state index is 0.0782. The lowest BCUT2D eigenvalue weighted by molar-refractivity contribution is -0.120. The molecule has 0 bridgehead atoms. The third-order valence-electron chi connectivity index (χ3n) is 1.39. The van der Waals surface area contributed by atoms with Gasteiger partial charge in [-0.3, -0.25) is 9.78 Å². The van der Waals surface area contributed by atoms with Gasteiger partial charge in [0, 0.05) is 12.4 Å². The number of amides is 1. The molecule has 0 fully saturated rings. The summed E-state index contributed by atoms with van der Waals surface area (Å²) in [6, 6.07) is 3.65. The van der Waals surface area contributed by atoms with E-state index in [0.29, 0.717) is 6.42 Å². The van der Waals surface area contributed by atoms with Gasteiger partial charge in [-0.05, 0) is 18.1 Å². The van der Waals surface area contributed by atoms with Gasteiger partial charge in [0.05, 0.1) is 14.3 Å². The average molecular weight is 160 g/mol. The Hall–Kier alpha value is -1.32. The molecule has 3 nitrogen and oxygen atoms in total. The molecule has 0 aromatic carbocycles. The molecule has 1 aromatic heterocycles. The molecule has 0 saturated carbocycles. The van der Waals surface area contributed by atoms with Crippen LogP contribution in [0, 0.1) is 0 Å². The second-order valence-corrected chi connectivity index (χ2v) is 2.34. The molecule has 12 heavy (non-hydrogen) atoms. The predicted molar refractivity (Wildman–Crippen MR) is 46.7 cm³/mol. The van der Waals surface area contributed by atoms with Crippen LogP contribution >= 0.6 is 0 Å². The van der Waals surface area contributed by atoms with Crippen molar-refractivity contribution in [2.75, 3.05) is 6.44 Å². The number of hydrogen-bond donors (Lipinski definition) is 1. The van der Waals surface area contributed by atoms with Crippen LogP contribution in [0.1, 0.15) is 5.56 Å². The quantitative estimate of drug-likeness (QED) is 0.625. The fourth-order valence-electron chi connectivity index (χ4n) is 0.864. The Labute approximate surface area is 72.6 Å². The zero-order valence-corrected chi connectivity index (χ0v) is 6.66. The number of rotatable bonds is 3. The lowest BCUT2D eigenvalue weighted by Gasteiger charge is -2.00. The SMILES string of the molecule is [B]CNC(=O)Cc1cccnc1. The monoisotopic (exact) mass is 160 g/mol. The molecule has 1 amide bonds. The highest BCUT2D eigenvalue weighted by molar-refractivity contribution is 6.10. The van der Waals surface area contributed by atoms with Crippen LogP contribution in [0.3, 0.4) is 0 Å². The second kappa shape index (κ2) is 4.54. The first kappa shape index (κ1) is 8.78. The van der Waals surface area contributed by atoms with Crippen molar-refractivity contribution in [3.8, 4) is 0 Å². The molecule has 4 heteroatoms. The third-order valence-corrected chi connectivity index (χ3v) is 1.39. The standard InChI is InChI=1S/C8H9BN2O/c9-6-11-8(12)4-7-2-1-3-10-5-7/h1-3,5H,4,6H2,(H,11,12). The second-order valence-electron chi connectivity index (χ2n) is 2.34. The fraction of sp³-hybridized carbons (Fsp3) is 0.250. The van der Waals surface area contributed by atoms with Gasteiger partial charge in [0.2, 0.25) is 5.91 Å². The molecule has 1 heterocycles. The highest BCUT2D eigenvalue weighted by Gasteiger charge is 1.99. The van der Waals surface area contributed by atoms with E-state index >= 15 is 0 Å². The third kappa shape index (κ3) is 2.74. The van der Waals surface area contributed by atoms with Crippen molar-refractivity contribution < 1.29 is 4.79 Å². The molecule has 1 N–H and O–H groups in total. The summed E-state index contributed by atoms with van der Waals surface area (Å²) in [5.41, 5.74) is 0.892. The summed E-state index contributed by atoms with van der Waals surface area (Å²) in [6.45, 7) is 0. The van der Waals surface area contributed by atoms with Gasteiger partial charge < -0.3 is 5.32 Å². The largest absolute Gasteiger partial charge is 0.365 e. The van der Waals surface area contributed by atoms with Gasteiger partial charge in [0.1, 0.15) is 0 Å². The van der Waals surface area contributed by atoms with Crippen LogP contribution in [0.25, 0.3) is 0 Å². The molecule has 0 aliphatic rings. The van der Waals surface area contributed by atoms with E-state index in [1.54, 1.807) is 18.5 Å². The van der Waals surface area contributed by atoms with Crippen LogP contribution in [0.4, 0.5) is 0 Å². The van der Waals surface area contributed by atoms with Crippen molar-refractivity contribution >= 4 is 13.8 Å². The Morgan fingerprint density at radius 2 is 2.50 bits per heavy atom. The summed E-state index contributed by atoms with van der Waals surface area (Å²) in [5.74, 6) is -0.0782. The number of carbonyl (C=O) groups excluding carboxylic acids is 1. The van der Waals surface area contributed by atoms with Crippen LogP contribution < -0.4 is 5.32 Å². The van der Waals surface area contributed by atoms with E-state index in [0.717, 1.165) is 5.56 Å². The number of carbonyl (C=O) groups is 1. The molecule has 1 rings (SSSR count). The highest BCUT2D eigenvalue weighted by Crippen LogP contribution is 1.95. The fourth-order valence-corrected chi connectivity index (χ4v) is 0.864. The van der Waals surface area contributed by atoms with Gasteiger partial charge >= 0.3 is 0 Å². The van der Waals surface area contributed by atoms with Crippen molar-refractivity contribution in [1.82, 2.24) is 10.3 Å². The average Bonchev–Trinajstić information content (AvgIpc) is 2.06. The first-order chi connectivity index (χ1) is 5.83. The summed E-state index contributed by atoms with van der Waals surface area (Å²) < 4.78 is 0. The summed E-state index contributed by atoms with van der Waals surface area (Å²) in [5, 5.41) is 2.51. The molecular formula is C8H9BN2O. The molecular weight excluding hydrogens is 151 g/mol. The normalized spacial score (nSPS) is 9.33. The van der Waals surface area contributed by atoms with E-state index < -0.39 is 0 Å². The van der Waals surface area contributed by atoms with Crippen molar-refractivity contribution in [3.63, 3.8) is 0 Å². The van der Waals surface area contributed by atoms with Crippen molar-refractivity contribution in [1.29, 1.82) is 0 Å². The Morgan fingerprint density at radius 1 is 1.67 bits per heavy atom. The molecule has 0 aliphatic carbocycles. The Morgan fingerprint density at radius 3 is 3.08 bits per heavy atom. The smallest absolute Gasteiger partial charge is 0.223 e. The molecule has 0 aliphatic heterocycles. The molecule has 0 saturated heterocycles. The van der Waals surface area contributed by atoms with Gasteiger partial charge in [-0.15, -0.1) is 0 Å². The topological polar surface area (TPSA) is 42.0 Å². The first-order valence-corrected chi connectivity index (χ1v) is 3.68. The van der Waals surface area contributed by atoms with E-state index in [1.165, 1.54) is 0 Å². The van der Waals surface area contributed by atoms with Crippen LogP contribution in [0.15, 0.2) is 24.5 Å². The van der Waals surface area contributed by atoms with E-state index in [-0.39, 0.29) is 12.4 Å². The van der Waals surface area contributed by atoms with Gasteiger partial charge in [-0.1, -0.05) is 6.07 Å². The van der Waals surface area contributed by atoms with Crippen molar-refractivity contribution in [2.45, 2.75) is 6.42 Å². The molecule has 0 atom stereocenters. The molecule has 0 spiro atoms. The van der Waals surface area contributed by atoms with Gasteiger partial charge in [0.15, 0.2) is 0 Å². The number of nitrogens with zero attached hydrogens (tertiary/aromatic N) is 1. The summed E-state index contributed by atoms with van der Waals surface area (Å²) in [4.78, 5) is 14.9. The highest BCUT2D eigenvalue weighted by atomic mass is 16.1. The van der Waals surface area contributed by atoms with Gasteiger partial charge in [-0.2, -0.15) is 0 Å². The van der Waals surface area contributed by atoms with E-state index in [1.807, 2.05) is 6.07 Å². The number of nitrogens with one attached hydrogen (secondary N) is 1. The van der Waals surface area contributed by atoms with E-state index in [9.17, 15) is 4.79 Å². The van der Waals surface area contributed by atoms with Crippen LogP contribution in [-0.2, 0) is 11.2 Å². The zero-order chi connectivity index (χ0) is 8.81. The van der Waals surface area contributed by atoms with Crippen molar-refractivity contribution in [2.24, 2.45) is 0 Å². The summed E-state index contributed by atoms with van der Waals surface area (Å²) >= 11 is 0. The Kier molecular flexibility index (Phi) is 3.32. The molecule has 0 unspecified atom stereocenters. The zero-order valence-electron chi connectivity index (χ0n) is 6.66. The van der Waals surface area contributed by atoms with E-state index in [2.05, 4.69) is 10.3 Å². The molecule has 2 radical (unpaired) electrons. The van der Waals surface area contributed by atoms with Crippen LogP contribution in [0.2, 0.25) is 0 Å². The number of aromatic nitrogens is 1. The summed E-state index contributed by atoms with van der Waals surface area (Å²) in [7, 11) is 5.14. The maximum absolute atomic E-state index is 11.0. The maximum atomic E-state index is 11.0. The van der Waals surface area contributed by atoms with Gasteiger partial charge in [-0.25, -0.2) is 0 Å². The Bertz CT molecular complexity index is 250. The molecule has 1 aromatic rings. The van der Waals surface area contributed by atoms with E-state index in [4.69, 9.17) is 7.85 Å². The first-order valence-electron chi connectivity index (χ1n) is 3.68. The predicted octanol–water partition coefficient (Wildman–Crippen LogP) is -0.134. The minimum Gasteiger partial charge on any atom is -0.365 e. The summed E-state index contributed by atoms with van der Waals surface area (Å²) in [6.07, 6.45) is 3.85. The van der Waals surface area contributed by atoms with Crippen molar-refractivity contribution in [3.05, 3.63) is 30.1 Å². The van der Waals surface area contributed by atoms with Crippen LogP contribution in [-0.4, -0.2) is 25.2 Å². The lowest BCUT2D eigenvalue weighted by atomic mass is 10.1. The number of pyridine rings is 1. The molecule has 60 valence electrons. The maximum Gasteiger partial charge on any atom is 0.223 e. The Balaban J connectivity index is 2.47. The minimum atomic E-state index is -0.0782.